The van der Waals surface area contributed by atoms with E-state index < -0.39 is 11.4 Å². The first kappa shape index (κ1) is 8.98. The standard InChI is InChI=1S/C10H14NO2/c1-6(2)8-4-9(5-11)10(12,13-9)7(8)3/h6-8H,4H2,1-3H3/q-1/t7?,8-,9?,10?/m1/s1. The molecule has 1 aliphatic carbocycles. The molecule has 4 atom stereocenters. The molecular weight excluding hydrogens is 166 g/mol. The number of nitriles is 1. The lowest BCUT2D eigenvalue weighted by Gasteiger charge is -2.29. The Labute approximate surface area is 78.3 Å². The van der Waals surface area contributed by atoms with Crippen molar-refractivity contribution < 1.29 is 9.84 Å². The molecule has 3 nitrogen and oxygen atoms in total. The van der Waals surface area contributed by atoms with Crippen molar-refractivity contribution in [2.75, 3.05) is 0 Å². The van der Waals surface area contributed by atoms with Crippen LogP contribution in [-0.4, -0.2) is 11.4 Å². The number of fused-ring (bicyclic) bond motifs is 1. The van der Waals surface area contributed by atoms with E-state index in [1.165, 1.54) is 0 Å². The summed E-state index contributed by atoms with van der Waals surface area (Å²) in [5, 5.41) is 20.8. The largest absolute Gasteiger partial charge is 0.825 e. The third-order valence-electron chi connectivity index (χ3n) is 3.65. The highest BCUT2D eigenvalue weighted by Crippen LogP contribution is 2.62. The van der Waals surface area contributed by atoms with Gasteiger partial charge in [0, 0.05) is 5.79 Å². The highest BCUT2D eigenvalue weighted by atomic mass is 16.8. The van der Waals surface area contributed by atoms with E-state index in [9.17, 15) is 5.11 Å². The third-order valence-corrected chi connectivity index (χ3v) is 3.65. The zero-order valence-electron chi connectivity index (χ0n) is 8.20. The first-order valence-corrected chi connectivity index (χ1v) is 4.79. The van der Waals surface area contributed by atoms with Crippen molar-refractivity contribution >= 4 is 0 Å². The van der Waals surface area contributed by atoms with Crippen molar-refractivity contribution in [3.63, 3.8) is 0 Å². The van der Waals surface area contributed by atoms with E-state index >= 15 is 0 Å². The van der Waals surface area contributed by atoms with Crippen LogP contribution in [0.2, 0.25) is 0 Å². The lowest BCUT2D eigenvalue weighted by molar-refractivity contribution is -0.484. The number of epoxide rings is 1. The summed E-state index contributed by atoms with van der Waals surface area (Å²) in [4.78, 5) is 0. The van der Waals surface area contributed by atoms with Gasteiger partial charge in [0.15, 0.2) is 5.60 Å². The quantitative estimate of drug-likeness (QED) is 0.556. The summed E-state index contributed by atoms with van der Waals surface area (Å²) >= 11 is 0. The molecule has 0 bridgehead atoms. The van der Waals surface area contributed by atoms with Gasteiger partial charge in [-0.15, -0.1) is 0 Å². The maximum absolute atomic E-state index is 11.9. The molecule has 2 rings (SSSR count). The normalized spacial score (nSPS) is 53.2. The van der Waals surface area contributed by atoms with E-state index in [1.54, 1.807) is 0 Å². The van der Waals surface area contributed by atoms with E-state index in [-0.39, 0.29) is 5.92 Å². The minimum atomic E-state index is -1.39. The smallest absolute Gasteiger partial charge is 0.167 e. The maximum atomic E-state index is 11.9. The van der Waals surface area contributed by atoms with Gasteiger partial charge in [-0.3, -0.25) is 0 Å². The van der Waals surface area contributed by atoms with Crippen LogP contribution in [0.4, 0.5) is 0 Å². The van der Waals surface area contributed by atoms with Crippen LogP contribution in [0.5, 0.6) is 0 Å². The lowest BCUT2D eigenvalue weighted by atomic mass is 9.86. The van der Waals surface area contributed by atoms with Crippen molar-refractivity contribution in [3.8, 4) is 6.07 Å². The van der Waals surface area contributed by atoms with Crippen LogP contribution in [0.1, 0.15) is 27.2 Å². The van der Waals surface area contributed by atoms with Crippen LogP contribution in [0, 0.1) is 29.1 Å². The number of hydrogen-bond donors (Lipinski definition) is 0. The fourth-order valence-electron chi connectivity index (χ4n) is 2.63. The Bertz CT molecular complexity index is 283. The van der Waals surface area contributed by atoms with Crippen molar-refractivity contribution in [2.24, 2.45) is 17.8 Å². The second-order valence-corrected chi connectivity index (χ2v) is 4.61. The van der Waals surface area contributed by atoms with Crippen LogP contribution in [0.15, 0.2) is 0 Å². The lowest BCUT2D eigenvalue weighted by Crippen LogP contribution is -2.40. The summed E-state index contributed by atoms with van der Waals surface area (Å²) in [6.07, 6.45) is 0.617. The fraction of sp³-hybridized carbons (Fsp3) is 0.900. The van der Waals surface area contributed by atoms with Gasteiger partial charge in [0.1, 0.15) is 0 Å². The molecule has 0 aromatic rings. The molecule has 3 unspecified atom stereocenters. The second-order valence-electron chi connectivity index (χ2n) is 4.61. The van der Waals surface area contributed by atoms with Gasteiger partial charge in [-0.1, -0.05) is 20.8 Å². The van der Waals surface area contributed by atoms with Crippen molar-refractivity contribution in [1.29, 1.82) is 5.26 Å². The number of nitrogens with zero attached hydrogens (tertiary/aromatic N) is 1. The number of rotatable bonds is 1. The van der Waals surface area contributed by atoms with Gasteiger partial charge in [0.25, 0.3) is 0 Å². The summed E-state index contributed by atoms with van der Waals surface area (Å²) in [6.45, 7) is 6.10. The number of hydrogen-bond acceptors (Lipinski definition) is 3. The van der Waals surface area contributed by atoms with Crippen molar-refractivity contribution in [2.45, 2.75) is 38.6 Å². The molecule has 0 spiro atoms. The highest BCUT2D eigenvalue weighted by Gasteiger charge is 2.71. The minimum absolute atomic E-state index is 0.0350. The van der Waals surface area contributed by atoms with E-state index in [0.29, 0.717) is 18.3 Å². The Morgan fingerprint density at radius 3 is 2.54 bits per heavy atom. The van der Waals surface area contributed by atoms with Crippen molar-refractivity contribution in [3.05, 3.63) is 0 Å². The van der Waals surface area contributed by atoms with E-state index in [1.807, 2.05) is 13.0 Å². The molecule has 0 aromatic carbocycles. The average Bonchev–Trinajstić information content (AvgIpc) is 2.62. The first-order chi connectivity index (χ1) is 5.97. The Hall–Kier alpha value is -0.590. The SMILES string of the molecule is CC(C)[C@H]1CC2(C#N)OC2([O-])C1C. The third kappa shape index (κ3) is 0.853. The Morgan fingerprint density at radius 1 is 1.62 bits per heavy atom. The van der Waals surface area contributed by atoms with Crippen LogP contribution < -0.4 is 5.11 Å². The van der Waals surface area contributed by atoms with Crippen LogP contribution in [0.25, 0.3) is 0 Å². The summed E-state index contributed by atoms with van der Waals surface area (Å²) in [6, 6.07) is 2.04. The van der Waals surface area contributed by atoms with Crippen LogP contribution in [-0.2, 0) is 4.74 Å². The van der Waals surface area contributed by atoms with Crippen LogP contribution >= 0.6 is 0 Å². The topological polar surface area (TPSA) is 59.4 Å². The predicted octanol–water partition coefficient (Wildman–Crippen LogP) is 0.648. The Morgan fingerprint density at radius 2 is 2.23 bits per heavy atom. The summed E-state index contributed by atoms with van der Waals surface area (Å²) in [5.41, 5.74) is -0.985. The molecule has 3 heteroatoms. The van der Waals surface area contributed by atoms with E-state index in [2.05, 4.69) is 13.8 Å². The maximum Gasteiger partial charge on any atom is 0.167 e. The Kier molecular flexibility index (Phi) is 1.56. The first-order valence-electron chi connectivity index (χ1n) is 4.79. The summed E-state index contributed by atoms with van der Waals surface area (Å²) < 4.78 is 5.05. The minimum Gasteiger partial charge on any atom is -0.825 e. The average molecular weight is 180 g/mol. The van der Waals surface area contributed by atoms with Gasteiger partial charge >= 0.3 is 0 Å². The molecule has 0 amide bonds. The second kappa shape index (κ2) is 2.26. The van der Waals surface area contributed by atoms with E-state index in [0.717, 1.165) is 0 Å². The molecule has 0 aromatic heterocycles. The molecule has 13 heavy (non-hydrogen) atoms. The summed E-state index contributed by atoms with van der Waals surface area (Å²) in [7, 11) is 0. The predicted molar refractivity (Wildman–Crippen MR) is 44.3 cm³/mol. The molecule has 72 valence electrons. The molecule has 2 fully saturated rings. The number of ether oxygens (including phenoxy) is 1. The molecule has 1 saturated heterocycles. The van der Waals surface area contributed by atoms with Gasteiger partial charge in [-0.25, -0.2) is 0 Å². The molecule has 0 radical (unpaired) electrons. The zero-order chi connectivity index (χ0) is 9.85. The van der Waals surface area contributed by atoms with Gasteiger partial charge in [-0.2, -0.15) is 5.26 Å². The highest BCUT2D eigenvalue weighted by molar-refractivity contribution is 5.28. The van der Waals surface area contributed by atoms with Gasteiger partial charge in [-0.05, 0) is 24.2 Å². The van der Waals surface area contributed by atoms with Gasteiger partial charge in [0.2, 0.25) is 0 Å². The van der Waals surface area contributed by atoms with Gasteiger partial charge < -0.3 is 9.84 Å². The zero-order valence-corrected chi connectivity index (χ0v) is 8.20. The summed E-state index contributed by atoms with van der Waals surface area (Å²) in [5.74, 6) is -0.628. The van der Waals surface area contributed by atoms with Crippen LogP contribution in [0.3, 0.4) is 0 Å². The molecule has 0 N–H and O–H groups in total. The molecule has 1 heterocycles. The molecular formula is C10H14NO2-. The fourth-order valence-corrected chi connectivity index (χ4v) is 2.63. The molecule has 2 aliphatic rings. The monoisotopic (exact) mass is 180 g/mol. The van der Waals surface area contributed by atoms with E-state index in [4.69, 9.17) is 10.00 Å². The molecule has 1 saturated carbocycles. The van der Waals surface area contributed by atoms with Crippen molar-refractivity contribution in [1.82, 2.24) is 0 Å². The Balaban J connectivity index is 2.25. The molecule has 1 aliphatic heterocycles. The van der Waals surface area contributed by atoms with Gasteiger partial charge in [0.05, 0.1) is 6.07 Å².